The molecule has 1 aromatic carbocycles. The highest BCUT2D eigenvalue weighted by Gasteiger charge is 2.21. The molecule has 5 heteroatoms. The fourth-order valence-corrected chi connectivity index (χ4v) is 1.94. The summed E-state index contributed by atoms with van der Waals surface area (Å²) in [6.45, 7) is 1.96. The van der Waals surface area contributed by atoms with E-state index in [0.29, 0.717) is 11.1 Å². The Kier molecular flexibility index (Phi) is 5.82. The maximum atomic E-state index is 11.6. The molecular weight excluding hydrogens is 345 g/mol. The van der Waals surface area contributed by atoms with Crippen molar-refractivity contribution in [3.63, 3.8) is 0 Å². The van der Waals surface area contributed by atoms with Crippen LogP contribution in [0.3, 0.4) is 0 Å². The molecule has 0 saturated heterocycles. The molecule has 1 aromatic rings. The summed E-state index contributed by atoms with van der Waals surface area (Å²) in [6.07, 6.45) is -1.05. The van der Waals surface area contributed by atoms with E-state index >= 15 is 0 Å². The minimum Gasteiger partial charge on any atom is -0.463 e. The second kappa shape index (κ2) is 7.13. The van der Waals surface area contributed by atoms with Crippen molar-refractivity contribution in [2.45, 2.75) is 13.0 Å². The molecular formula is C13H12INO3. The van der Waals surface area contributed by atoms with E-state index < -0.39 is 12.1 Å². The van der Waals surface area contributed by atoms with Crippen molar-refractivity contribution in [1.29, 1.82) is 5.26 Å². The molecule has 1 rings (SSSR count). The zero-order valence-corrected chi connectivity index (χ0v) is 11.9. The molecule has 0 radical (unpaired) electrons. The number of halogens is 1. The summed E-state index contributed by atoms with van der Waals surface area (Å²) in [5.74, 6) is -0.538. The highest BCUT2D eigenvalue weighted by Crippen LogP contribution is 2.24. The Bertz CT molecular complexity index is 488. The van der Waals surface area contributed by atoms with Crippen molar-refractivity contribution in [3.05, 3.63) is 45.0 Å². The van der Waals surface area contributed by atoms with E-state index in [2.05, 4.69) is 0 Å². The van der Waals surface area contributed by atoms with Gasteiger partial charge >= 0.3 is 5.97 Å². The Morgan fingerprint density at radius 3 is 2.61 bits per heavy atom. The van der Waals surface area contributed by atoms with Gasteiger partial charge in [0, 0.05) is 0 Å². The Labute approximate surface area is 119 Å². The molecule has 0 aromatic heterocycles. The maximum absolute atomic E-state index is 11.6. The fourth-order valence-electron chi connectivity index (χ4n) is 1.35. The predicted octanol–water partition coefficient (Wildman–Crippen LogP) is 2.47. The number of esters is 1. The van der Waals surface area contributed by atoms with Crippen molar-refractivity contribution < 1.29 is 14.6 Å². The number of nitriles is 1. The Morgan fingerprint density at radius 2 is 2.17 bits per heavy atom. The number of aliphatic hydroxyl groups is 1. The van der Waals surface area contributed by atoms with Gasteiger partial charge in [0.25, 0.3) is 0 Å². The van der Waals surface area contributed by atoms with Crippen LogP contribution in [0.25, 0.3) is 0 Å². The van der Waals surface area contributed by atoms with Crippen LogP contribution in [0, 0.1) is 11.3 Å². The largest absolute Gasteiger partial charge is 0.463 e. The molecule has 0 saturated carbocycles. The van der Waals surface area contributed by atoms with E-state index in [1.54, 1.807) is 31.2 Å². The Balaban J connectivity index is 2.94. The summed E-state index contributed by atoms with van der Waals surface area (Å²) in [6, 6.07) is 8.40. The SMILES string of the molecule is CCOC(=O)/C(=C\I)[C@H](O)c1ccc(C#N)cc1. The molecule has 0 aliphatic carbocycles. The average Bonchev–Trinajstić information content (AvgIpc) is 2.40. The first-order valence-electron chi connectivity index (χ1n) is 5.29. The number of carbonyl (C=O) groups excluding carboxylic acids is 1. The van der Waals surface area contributed by atoms with E-state index in [9.17, 15) is 9.90 Å². The smallest absolute Gasteiger partial charge is 0.337 e. The van der Waals surface area contributed by atoms with Gasteiger partial charge in [-0.25, -0.2) is 4.79 Å². The first-order chi connectivity index (χ1) is 8.63. The lowest BCUT2D eigenvalue weighted by molar-refractivity contribution is -0.139. The number of hydrogen-bond donors (Lipinski definition) is 1. The first kappa shape index (κ1) is 14.7. The normalized spacial score (nSPS) is 12.7. The standard InChI is InChI=1S/C13H12INO3/c1-2-18-13(17)11(7-14)12(16)10-5-3-9(8-15)4-6-10/h3-7,12,16H,2H2,1H3/b11-7-/t12-/m1/s1. The van der Waals surface area contributed by atoms with Crippen LogP contribution in [0.4, 0.5) is 0 Å². The summed E-state index contributed by atoms with van der Waals surface area (Å²) in [5, 5.41) is 18.8. The number of rotatable bonds is 4. The number of carbonyl (C=O) groups is 1. The summed E-state index contributed by atoms with van der Waals surface area (Å²) in [5.41, 5.74) is 1.23. The lowest BCUT2D eigenvalue weighted by atomic mass is 10.0. The zero-order valence-electron chi connectivity index (χ0n) is 9.76. The predicted molar refractivity (Wildman–Crippen MR) is 74.9 cm³/mol. The Morgan fingerprint density at radius 1 is 1.56 bits per heavy atom. The topological polar surface area (TPSA) is 70.3 Å². The van der Waals surface area contributed by atoms with Crippen molar-refractivity contribution >= 4 is 28.6 Å². The van der Waals surface area contributed by atoms with Crippen LogP contribution in [-0.4, -0.2) is 17.7 Å². The van der Waals surface area contributed by atoms with Crippen molar-refractivity contribution in [1.82, 2.24) is 0 Å². The average molecular weight is 357 g/mol. The molecule has 0 aliphatic rings. The van der Waals surface area contributed by atoms with Crippen molar-refractivity contribution in [2.75, 3.05) is 6.61 Å². The Hall–Kier alpha value is -1.39. The number of nitrogens with zero attached hydrogens (tertiary/aromatic N) is 1. The van der Waals surface area contributed by atoms with Crippen LogP contribution in [-0.2, 0) is 9.53 Å². The van der Waals surface area contributed by atoms with Gasteiger partial charge in [-0.2, -0.15) is 5.26 Å². The molecule has 0 bridgehead atoms. The minimum atomic E-state index is -1.05. The summed E-state index contributed by atoms with van der Waals surface area (Å²) >= 11 is 1.89. The quantitative estimate of drug-likeness (QED) is 0.511. The van der Waals surface area contributed by atoms with Gasteiger partial charge in [-0.05, 0) is 28.7 Å². The molecule has 4 nitrogen and oxygen atoms in total. The third-order valence-electron chi connectivity index (χ3n) is 2.28. The second-order valence-corrected chi connectivity index (χ2v) is 4.04. The number of aliphatic hydroxyl groups excluding tert-OH is 1. The van der Waals surface area contributed by atoms with E-state index in [1.807, 2.05) is 28.7 Å². The van der Waals surface area contributed by atoms with Crippen LogP contribution in [0.1, 0.15) is 24.2 Å². The van der Waals surface area contributed by atoms with Crippen molar-refractivity contribution in [3.8, 4) is 6.07 Å². The van der Waals surface area contributed by atoms with Crippen LogP contribution in [0.15, 0.2) is 33.9 Å². The van der Waals surface area contributed by atoms with Gasteiger partial charge in [0.15, 0.2) is 0 Å². The van der Waals surface area contributed by atoms with Gasteiger partial charge in [0.05, 0.1) is 23.8 Å². The summed E-state index contributed by atoms with van der Waals surface area (Å²) in [7, 11) is 0. The molecule has 0 unspecified atom stereocenters. The molecule has 0 heterocycles. The molecule has 1 N–H and O–H groups in total. The zero-order chi connectivity index (χ0) is 13.5. The van der Waals surface area contributed by atoms with Gasteiger partial charge in [0.2, 0.25) is 0 Å². The highest BCUT2D eigenvalue weighted by atomic mass is 127. The third kappa shape index (κ3) is 3.55. The van der Waals surface area contributed by atoms with E-state index in [0.717, 1.165) is 0 Å². The molecule has 18 heavy (non-hydrogen) atoms. The molecule has 0 spiro atoms. The number of benzene rings is 1. The van der Waals surface area contributed by atoms with E-state index in [1.165, 1.54) is 4.08 Å². The fraction of sp³-hybridized carbons (Fsp3) is 0.231. The van der Waals surface area contributed by atoms with Crippen LogP contribution < -0.4 is 0 Å². The lowest BCUT2D eigenvalue weighted by Crippen LogP contribution is -2.14. The third-order valence-corrected chi connectivity index (χ3v) is 2.95. The van der Waals surface area contributed by atoms with Crippen LogP contribution >= 0.6 is 22.6 Å². The summed E-state index contributed by atoms with van der Waals surface area (Å²) < 4.78 is 6.36. The molecule has 94 valence electrons. The molecule has 0 fully saturated rings. The monoisotopic (exact) mass is 357 g/mol. The maximum Gasteiger partial charge on any atom is 0.337 e. The van der Waals surface area contributed by atoms with Crippen LogP contribution in [0.2, 0.25) is 0 Å². The van der Waals surface area contributed by atoms with Crippen LogP contribution in [0.5, 0.6) is 0 Å². The number of ether oxygens (including phenoxy) is 1. The van der Waals surface area contributed by atoms with Gasteiger partial charge in [-0.1, -0.05) is 34.7 Å². The van der Waals surface area contributed by atoms with Gasteiger partial charge < -0.3 is 9.84 Å². The summed E-state index contributed by atoms with van der Waals surface area (Å²) in [4.78, 5) is 11.6. The molecule has 0 aliphatic heterocycles. The van der Waals surface area contributed by atoms with Gasteiger partial charge in [-0.3, -0.25) is 0 Å². The minimum absolute atomic E-state index is 0.183. The molecule has 0 amide bonds. The highest BCUT2D eigenvalue weighted by molar-refractivity contribution is 14.1. The van der Waals surface area contributed by atoms with E-state index in [-0.39, 0.29) is 12.2 Å². The van der Waals surface area contributed by atoms with Gasteiger partial charge in [0.1, 0.15) is 6.10 Å². The molecule has 1 atom stereocenters. The van der Waals surface area contributed by atoms with E-state index in [4.69, 9.17) is 10.00 Å². The number of hydrogen-bond acceptors (Lipinski definition) is 4. The second-order valence-electron chi connectivity index (χ2n) is 3.42. The lowest BCUT2D eigenvalue weighted by Gasteiger charge is -2.13. The van der Waals surface area contributed by atoms with Crippen molar-refractivity contribution in [2.24, 2.45) is 0 Å². The first-order valence-corrected chi connectivity index (χ1v) is 6.54. The van der Waals surface area contributed by atoms with Gasteiger partial charge in [-0.15, -0.1) is 0 Å².